The van der Waals surface area contributed by atoms with E-state index in [4.69, 9.17) is 15.2 Å². The van der Waals surface area contributed by atoms with Crippen LogP contribution in [0.1, 0.15) is 19.3 Å². The number of carbonyl (C=O) groups is 2. The predicted octanol–water partition coefficient (Wildman–Crippen LogP) is 6.31. The van der Waals surface area contributed by atoms with E-state index in [1.807, 2.05) is 36.4 Å². The molecule has 0 spiro atoms. The van der Waals surface area contributed by atoms with E-state index in [1.54, 1.807) is 12.4 Å². The molecule has 5 rings (SSSR count). The minimum atomic E-state index is -0.516. The van der Waals surface area contributed by atoms with E-state index >= 15 is 0 Å². The highest BCUT2D eigenvalue weighted by Crippen LogP contribution is 2.40. The topological polar surface area (TPSA) is 128 Å². The number of aromatic nitrogens is 2. The van der Waals surface area contributed by atoms with Gasteiger partial charge in [0.05, 0.1) is 64.5 Å². The van der Waals surface area contributed by atoms with Crippen LogP contribution in [0.4, 0.5) is 28.4 Å². The second-order valence-corrected chi connectivity index (χ2v) is 10.5. The van der Waals surface area contributed by atoms with Gasteiger partial charge < -0.3 is 25.8 Å². The average molecular weight is 584 g/mol. The minimum Gasteiger partial charge on any atom is -0.465 e. The van der Waals surface area contributed by atoms with Crippen molar-refractivity contribution in [2.75, 3.05) is 30.6 Å². The standard InChI is InChI=1S/C24H18BrN5O4S2/c1-33-23(31)21-17(26)18-15(35-21)8-12(10-27-18)30-20-19-16(36-22(20)24(32)34-2)7-11(9-28-19)29-14-6-4-3-5-13(14)25/h3-10,29-30H,26H2,1-2H3. The number of esters is 2. The summed E-state index contributed by atoms with van der Waals surface area (Å²) < 4.78 is 12.2. The Balaban J connectivity index is 1.54. The molecular weight excluding hydrogens is 566 g/mol. The Kier molecular flexibility index (Phi) is 6.48. The summed E-state index contributed by atoms with van der Waals surface area (Å²) >= 11 is 5.99. The van der Waals surface area contributed by atoms with Gasteiger partial charge in [-0.15, -0.1) is 22.7 Å². The van der Waals surface area contributed by atoms with E-state index in [0.717, 1.165) is 20.5 Å². The zero-order valence-corrected chi connectivity index (χ0v) is 22.1. The van der Waals surface area contributed by atoms with Crippen molar-refractivity contribution in [1.82, 2.24) is 9.97 Å². The molecule has 12 heteroatoms. The summed E-state index contributed by atoms with van der Waals surface area (Å²) in [4.78, 5) is 34.3. The first kappa shape index (κ1) is 24.0. The molecule has 0 fully saturated rings. The van der Waals surface area contributed by atoms with E-state index in [0.29, 0.717) is 36.9 Å². The van der Waals surface area contributed by atoms with Crippen molar-refractivity contribution in [2.24, 2.45) is 0 Å². The van der Waals surface area contributed by atoms with E-state index in [9.17, 15) is 9.59 Å². The lowest BCUT2D eigenvalue weighted by Gasteiger charge is -2.09. The molecule has 0 aliphatic heterocycles. The SMILES string of the molecule is COC(=O)c1sc2cc(Nc3c(C(=O)OC)sc4cc(Nc5ccccc5Br)cnc34)cnc2c1N. The van der Waals surface area contributed by atoms with Crippen LogP contribution in [0.5, 0.6) is 0 Å². The largest absolute Gasteiger partial charge is 0.465 e. The highest BCUT2D eigenvalue weighted by atomic mass is 79.9. The summed E-state index contributed by atoms with van der Waals surface area (Å²) in [5.74, 6) is -0.999. The third kappa shape index (κ3) is 4.34. The lowest BCUT2D eigenvalue weighted by atomic mass is 10.2. The molecule has 0 aliphatic carbocycles. The van der Waals surface area contributed by atoms with Gasteiger partial charge in [0.2, 0.25) is 0 Å². The van der Waals surface area contributed by atoms with Crippen LogP contribution in [0.15, 0.2) is 53.3 Å². The summed E-state index contributed by atoms with van der Waals surface area (Å²) in [7, 11) is 2.63. The Labute approximate surface area is 221 Å². The van der Waals surface area contributed by atoms with Gasteiger partial charge in [0.15, 0.2) is 0 Å². The van der Waals surface area contributed by atoms with Crippen LogP contribution in [0.3, 0.4) is 0 Å². The number of nitrogens with one attached hydrogen (secondary N) is 2. The summed E-state index contributed by atoms with van der Waals surface area (Å²) in [6.07, 6.45) is 3.28. The Bertz CT molecular complexity index is 1650. The van der Waals surface area contributed by atoms with Crippen molar-refractivity contribution < 1.29 is 19.1 Å². The van der Waals surface area contributed by atoms with Crippen LogP contribution in [-0.4, -0.2) is 36.1 Å². The number of hydrogen-bond donors (Lipinski definition) is 3. The van der Waals surface area contributed by atoms with Crippen molar-refractivity contribution in [2.45, 2.75) is 0 Å². The number of halogens is 1. The number of nitrogens with zero attached hydrogens (tertiary/aromatic N) is 2. The summed E-state index contributed by atoms with van der Waals surface area (Å²) in [6, 6.07) is 11.5. The third-order valence-corrected chi connectivity index (χ3v) is 8.18. The Morgan fingerprint density at radius 2 is 1.47 bits per heavy atom. The van der Waals surface area contributed by atoms with Crippen LogP contribution < -0.4 is 16.4 Å². The maximum atomic E-state index is 12.6. The maximum absolute atomic E-state index is 12.6. The molecule has 9 nitrogen and oxygen atoms in total. The van der Waals surface area contributed by atoms with Gasteiger partial charge in [0, 0.05) is 4.47 Å². The molecule has 0 amide bonds. The quantitative estimate of drug-likeness (QED) is 0.197. The number of hydrogen-bond acceptors (Lipinski definition) is 11. The van der Waals surface area contributed by atoms with E-state index < -0.39 is 11.9 Å². The van der Waals surface area contributed by atoms with Gasteiger partial charge in [-0.25, -0.2) is 9.59 Å². The molecule has 0 aliphatic rings. The van der Waals surface area contributed by atoms with Gasteiger partial charge in [-0.3, -0.25) is 9.97 Å². The van der Waals surface area contributed by atoms with Crippen LogP contribution in [0, 0.1) is 0 Å². The number of anilines is 5. The first-order chi connectivity index (χ1) is 17.4. The molecule has 0 unspecified atom stereocenters. The average Bonchev–Trinajstić information content (AvgIpc) is 3.41. The summed E-state index contributed by atoms with van der Waals surface area (Å²) in [6.45, 7) is 0. The van der Waals surface area contributed by atoms with Gasteiger partial charge in [-0.05, 0) is 40.2 Å². The molecular formula is C24H18BrN5O4S2. The van der Waals surface area contributed by atoms with E-state index in [1.165, 1.54) is 36.9 Å². The number of nitrogens with two attached hydrogens (primary N) is 1. The molecule has 4 aromatic heterocycles. The lowest BCUT2D eigenvalue weighted by molar-refractivity contribution is 0.0598. The Hall–Kier alpha value is -3.74. The maximum Gasteiger partial charge on any atom is 0.350 e. The van der Waals surface area contributed by atoms with Crippen molar-refractivity contribution in [3.8, 4) is 0 Å². The van der Waals surface area contributed by atoms with Gasteiger partial charge >= 0.3 is 11.9 Å². The number of thiophene rings is 2. The number of rotatable bonds is 6. The van der Waals surface area contributed by atoms with Gasteiger partial charge in [-0.2, -0.15) is 0 Å². The number of methoxy groups -OCH3 is 2. The first-order valence-electron chi connectivity index (χ1n) is 10.5. The van der Waals surface area contributed by atoms with Gasteiger partial charge in [0.1, 0.15) is 20.8 Å². The molecule has 0 saturated heterocycles. The normalized spacial score (nSPS) is 11.0. The van der Waals surface area contributed by atoms with Crippen molar-refractivity contribution in [1.29, 1.82) is 0 Å². The zero-order chi connectivity index (χ0) is 25.4. The van der Waals surface area contributed by atoms with Gasteiger partial charge in [0.25, 0.3) is 0 Å². The highest BCUT2D eigenvalue weighted by molar-refractivity contribution is 9.10. The van der Waals surface area contributed by atoms with Crippen LogP contribution in [0.2, 0.25) is 0 Å². The number of fused-ring (bicyclic) bond motifs is 2. The van der Waals surface area contributed by atoms with Crippen molar-refractivity contribution >= 4 is 99.4 Å². The van der Waals surface area contributed by atoms with E-state index in [-0.39, 0.29) is 5.69 Å². The summed E-state index contributed by atoms with van der Waals surface area (Å²) in [5.41, 5.74) is 10.2. The predicted molar refractivity (Wildman–Crippen MR) is 147 cm³/mol. The number of ether oxygens (including phenoxy) is 2. The number of nitrogen functional groups attached to an aromatic ring is 1. The fourth-order valence-electron chi connectivity index (χ4n) is 3.57. The molecule has 0 atom stereocenters. The smallest absolute Gasteiger partial charge is 0.350 e. The first-order valence-corrected chi connectivity index (χ1v) is 12.9. The molecule has 36 heavy (non-hydrogen) atoms. The lowest BCUT2D eigenvalue weighted by Crippen LogP contribution is -2.03. The Morgan fingerprint density at radius 3 is 2.17 bits per heavy atom. The molecule has 4 N–H and O–H groups in total. The fourth-order valence-corrected chi connectivity index (χ4v) is 6.07. The number of pyridine rings is 2. The number of carbonyl (C=O) groups excluding carboxylic acids is 2. The van der Waals surface area contributed by atoms with Crippen molar-refractivity contribution in [3.63, 3.8) is 0 Å². The molecule has 182 valence electrons. The minimum absolute atomic E-state index is 0.274. The van der Waals surface area contributed by atoms with Crippen molar-refractivity contribution in [3.05, 3.63) is 63.0 Å². The van der Waals surface area contributed by atoms with Gasteiger partial charge in [-0.1, -0.05) is 12.1 Å². The molecule has 1 aromatic carbocycles. The second kappa shape index (κ2) is 9.72. The molecule has 0 saturated carbocycles. The van der Waals surface area contributed by atoms with Crippen LogP contribution >= 0.6 is 38.6 Å². The molecule has 0 bridgehead atoms. The third-order valence-electron chi connectivity index (χ3n) is 5.26. The second-order valence-electron chi connectivity index (χ2n) is 7.51. The molecule has 4 heterocycles. The number of benzene rings is 1. The monoisotopic (exact) mass is 583 g/mol. The highest BCUT2D eigenvalue weighted by Gasteiger charge is 2.22. The van der Waals surface area contributed by atoms with Crippen LogP contribution in [0.25, 0.3) is 20.4 Å². The Morgan fingerprint density at radius 1 is 0.889 bits per heavy atom. The number of para-hydroxylation sites is 1. The van der Waals surface area contributed by atoms with E-state index in [2.05, 4.69) is 36.5 Å². The summed E-state index contributed by atoms with van der Waals surface area (Å²) in [5, 5.41) is 6.59. The van der Waals surface area contributed by atoms with Crippen LogP contribution in [-0.2, 0) is 9.47 Å². The molecule has 0 radical (unpaired) electrons. The fraction of sp³-hybridized carbons (Fsp3) is 0.0833. The zero-order valence-electron chi connectivity index (χ0n) is 18.9. The molecule has 5 aromatic rings.